The molecule has 0 unspecified atom stereocenters. The van der Waals surface area contributed by atoms with Gasteiger partial charge in [0, 0.05) is 17.5 Å². The summed E-state index contributed by atoms with van der Waals surface area (Å²) in [5.74, 6) is -1.07. The molecule has 2 atom stereocenters. The molecule has 0 N–H and O–H groups in total. The molecule has 3 aromatic rings. The van der Waals surface area contributed by atoms with E-state index in [4.69, 9.17) is 0 Å². The number of aromatic nitrogens is 1. The van der Waals surface area contributed by atoms with Gasteiger partial charge in [-0.15, -0.1) is 0 Å². The van der Waals surface area contributed by atoms with E-state index < -0.39 is 11.3 Å². The summed E-state index contributed by atoms with van der Waals surface area (Å²) in [6.07, 6.45) is 3.25. The highest BCUT2D eigenvalue weighted by Gasteiger charge is 2.66. The minimum atomic E-state index is -0.518. The van der Waals surface area contributed by atoms with Gasteiger partial charge in [-0.2, -0.15) is 0 Å². The highest BCUT2D eigenvalue weighted by molar-refractivity contribution is 6.23. The van der Waals surface area contributed by atoms with Crippen molar-refractivity contribution in [3.05, 3.63) is 95.3 Å². The number of imide groups is 1. The van der Waals surface area contributed by atoms with Crippen molar-refractivity contribution in [3.8, 4) is 0 Å². The van der Waals surface area contributed by atoms with Crippen LogP contribution in [0.25, 0.3) is 0 Å². The molecule has 0 radical (unpaired) electrons. The fourth-order valence-corrected chi connectivity index (χ4v) is 5.89. The lowest BCUT2D eigenvalue weighted by molar-refractivity contribution is -0.123. The quantitative estimate of drug-likeness (QED) is 0.618. The first-order valence-corrected chi connectivity index (χ1v) is 9.60. The molecule has 4 aliphatic rings. The van der Waals surface area contributed by atoms with Crippen LogP contribution in [0.1, 0.15) is 35.1 Å². The van der Waals surface area contributed by atoms with Crippen LogP contribution in [-0.4, -0.2) is 16.8 Å². The number of carbonyl (C=O) groups is 2. The van der Waals surface area contributed by atoms with E-state index in [1.807, 2.05) is 24.3 Å². The normalized spacial score (nSPS) is 29.5. The van der Waals surface area contributed by atoms with Gasteiger partial charge in [-0.1, -0.05) is 55.5 Å². The van der Waals surface area contributed by atoms with Crippen LogP contribution < -0.4 is 4.90 Å². The van der Waals surface area contributed by atoms with E-state index in [1.165, 1.54) is 27.2 Å². The van der Waals surface area contributed by atoms with Crippen LogP contribution >= 0.6 is 0 Å². The molecular weight excluding hydrogens is 348 g/mol. The van der Waals surface area contributed by atoms with Crippen LogP contribution in [0.3, 0.4) is 0 Å². The average Bonchev–Trinajstić information content (AvgIpc) is 3.01. The number of hydrogen-bond acceptors (Lipinski definition) is 3. The van der Waals surface area contributed by atoms with Crippen molar-refractivity contribution < 1.29 is 9.59 Å². The molecule has 1 aliphatic heterocycles. The van der Waals surface area contributed by atoms with Gasteiger partial charge in [0.25, 0.3) is 0 Å². The SMILES string of the molecule is CC12c3ccccc3C(c3ccccc31)[C@@H]1C(=O)N(c3cccnc3)C(=O)[C@@H]12. The Hall–Kier alpha value is -3.27. The molecule has 2 heterocycles. The topological polar surface area (TPSA) is 50.3 Å². The summed E-state index contributed by atoms with van der Waals surface area (Å²) >= 11 is 0. The third-order valence-corrected chi connectivity index (χ3v) is 6.95. The Kier molecular flexibility index (Phi) is 2.91. The van der Waals surface area contributed by atoms with Crippen molar-refractivity contribution in [2.24, 2.45) is 11.8 Å². The summed E-state index contributed by atoms with van der Waals surface area (Å²) in [4.78, 5) is 32.7. The Labute approximate surface area is 162 Å². The molecule has 4 nitrogen and oxygen atoms in total. The van der Waals surface area contributed by atoms with Gasteiger partial charge >= 0.3 is 0 Å². The van der Waals surface area contributed by atoms with Crippen molar-refractivity contribution in [1.82, 2.24) is 4.98 Å². The van der Waals surface area contributed by atoms with Crippen molar-refractivity contribution in [2.75, 3.05) is 4.90 Å². The van der Waals surface area contributed by atoms with Gasteiger partial charge in [-0.05, 0) is 34.4 Å². The van der Waals surface area contributed by atoms with Gasteiger partial charge in [0.05, 0.1) is 23.7 Å². The summed E-state index contributed by atoms with van der Waals surface area (Å²) in [6.45, 7) is 2.13. The molecular formula is C24H18N2O2. The predicted octanol–water partition coefficient (Wildman–Crippen LogP) is 3.65. The largest absolute Gasteiger partial charge is 0.274 e. The van der Waals surface area contributed by atoms with Crippen LogP contribution in [0.2, 0.25) is 0 Å². The zero-order valence-electron chi connectivity index (χ0n) is 15.4. The summed E-state index contributed by atoms with van der Waals surface area (Å²) in [6, 6.07) is 20.1. The van der Waals surface area contributed by atoms with Gasteiger partial charge in [-0.25, -0.2) is 4.90 Å². The molecule has 1 saturated heterocycles. The van der Waals surface area contributed by atoms with Gasteiger partial charge in [0.1, 0.15) is 0 Å². The van der Waals surface area contributed by atoms with E-state index in [0.29, 0.717) is 5.69 Å². The van der Waals surface area contributed by atoms with Gasteiger partial charge in [0.2, 0.25) is 11.8 Å². The lowest BCUT2D eigenvalue weighted by atomic mass is 9.48. The fraction of sp³-hybridized carbons (Fsp3) is 0.208. The molecule has 0 spiro atoms. The maximum absolute atomic E-state index is 13.6. The number of amides is 2. The second kappa shape index (κ2) is 5.16. The van der Waals surface area contributed by atoms with E-state index in [-0.39, 0.29) is 23.7 Å². The summed E-state index contributed by atoms with van der Waals surface area (Å²) in [5, 5.41) is 0. The molecule has 1 fully saturated rings. The van der Waals surface area contributed by atoms with Gasteiger partial charge < -0.3 is 0 Å². The molecule has 0 saturated carbocycles. The third kappa shape index (κ3) is 1.65. The molecule has 28 heavy (non-hydrogen) atoms. The third-order valence-electron chi connectivity index (χ3n) is 6.95. The van der Waals surface area contributed by atoms with Crippen LogP contribution in [0.4, 0.5) is 5.69 Å². The number of anilines is 1. The summed E-state index contributed by atoms with van der Waals surface area (Å²) < 4.78 is 0. The van der Waals surface area contributed by atoms with E-state index >= 15 is 0 Å². The minimum Gasteiger partial charge on any atom is -0.274 e. The Morgan fingerprint density at radius 3 is 2.11 bits per heavy atom. The van der Waals surface area contributed by atoms with Crippen LogP contribution in [0.15, 0.2) is 73.1 Å². The Morgan fingerprint density at radius 2 is 1.50 bits per heavy atom. The summed E-state index contributed by atoms with van der Waals surface area (Å²) in [7, 11) is 0. The van der Waals surface area contributed by atoms with Crippen molar-refractivity contribution >= 4 is 17.5 Å². The Balaban J connectivity index is 1.64. The molecule has 1 aromatic heterocycles. The Bertz CT molecular complexity index is 1110. The van der Waals surface area contributed by atoms with Crippen LogP contribution in [0, 0.1) is 11.8 Å². The number of rotatable bonds is 1. The first kappa shape index (κ1) is 15.8. The van der Waals surface area contributed by atoms with Crippen LogP contribution in [-0.2, 0) is 15.0 Å². The predicted molar refractivity (Wildman–Crippen MR) is 105 cm³/mol. The number of carbonyl (C=O) groups excluding carboxylic acids is 2. The highest BCUT2D eigenvalue weighted by atomic mass is 16.2. The van der Waals surface area contributed by atoms with Gasteiger partial charge in [0.15, 0.2) is 0 Å². The lowest BCUT2D eigenvalue weighted by Gasteiger charge is -2.52. The Morgan fingerprint density at radius 1 is 0.857 bits per heavy atom. The van der Waals surface area contributed by atoms with E-state index in [2.05, 4.69) is 36.2 Å². The second-order valence-electron chi connectivity index (χ2n) is 8.08. The number of hydrogen-bond donors (Lipinski definition) is 0. The monoisotopic (exact) mass is 366 g/mol. The van der Waals surface area contributed by atoms with Gasteiger partial charge in [-0.3, -0.25) is 14.6 Å². The first-order valence-electron chi connectivity index (χ1n) is 9.60. The number of nitrogens with zero attached hydrogens (tertiary/aromatic N) is 2. The molecule has 4 heteroatoms. The number of pyridine rings is 1. The number of benzene rings is 2. The summed E-state index contributed by atoms with van der Waals surface area (Å²) in [5.41, 5.74) is 4.75. The standard InChI is InChI=1S/C24H18N2O2/c1-24-17-10-4-2-8-15(17)19(16-9-3-5-11-18(16)24)20-21(24)23(28)26(22(20)27)14-7-6-12-25-13-14/h2-13,19-21H,1H3/t19?,20-,21+,24?/m0/s1. The van der Waals surface area contributed by atoms with Crippen molar-refractivity contribution in [2.45, 2.75) is 18.3 Å². The zero-order valence-corrected chi connectivity index (χ0v) is 15.4. The van der Waals surface area contributed by atoms with Crippen molar-refractivity contribution in [1.29, 1.82) is 0 Å². The molecule has 7 rings (SSSR count). The van der Waals surface area contributed by atoms with E-state index in [0.717, 1.165) is 0 Å². The molecule has 2 aromatic carbocycles. The lowest BCUT2D eigenvalue weighted by Crippen LogP contribution is -2.51. The average molecular weight is 366 g/mol. The fourth-order valence-electron chi connectivity index (χ4n) is 5.89. The van der Waals surface area contributed by atoms with E-state index in [9.17, 15) is 9.59 Å². The molecule has 2 bridgehead atoms. The molecule has 2 amide bonds. The maximum atomic E-state index is 13.6. The first-order chi connectivity index (χ1) is 13.6. The highest BCUT2D eigenvalue weighted by Crippen LogP contribution is 2.63. The molecule has 136 valence electrons. The second-order valence-corrected chi connectivity index (χ2v) is 8.08. The van der Waals surface area contributed by atoms with Crippen LogP contribution in [0.5, 0.6) is 0 Å². The zero-order chi connectivity index (χ0) is 19.0. The minimum absolute atomic E-state index is 0.0858. The smallest absolute Gasteiger partial charge is 0.239 e. The van der Waals surface area contributed by atoms with Crippen molar-refractivity contribution in [3.63, 3.8) is 0 Å². The maximum Gasteiger partial charge on any atom is 0.239 e. The molecule has 3 aliphatic carbocycles. The van der Waals surface area contributed by atoms with E-state index in [1.54, 1.807) is 24.5 Å².